The molecule has 0 spiro atoms. The highest BCUT2D eigenvalue weighted by Crippen LogP contribution is 2.16. The van der Waals surface area contributed by atoms with Crippen molar-refractivity contribution in [3.05, 3.63) is 0 Å². The minimum absolute atomic E-state index is 0.00727. The Kier molecular flexibility index (Phi) is 6.69. The van der Waals surface area contributed by atoms with E-state index < -0.39 is 5.97 Å². The van der Waals surface area contributed by atoms with Gasteiger partial charge in [-0.25, -0.2) is 4.79 Å². The second-order valence-corrected chi connectivity index (χ2v) is 3.73. The van der Waals surface area contributed by atoms with Crippen molar-refractivity contribution in [1.82, 2.24) is 4.90 Å². The lowest BCUT2D eigenvalue weighted by Crippen LogP contribution is -2.43. The van der Waals surface area contributed by atoms with E-state index in [1.807, 2.05) is 0 Å². The number of amidine groups is 1. The standard InChI is InChI=1S/C8H15N3O2.C2H4O2/c1-13-8(12)11-4-2-3-6(5-11)7(9)10;1-2(3)4/h6H,2-5H2,1H3,(H3,9,10);1H3,(H,3,4). The van der Waals surface area contributed by atoms with E-state index in [2.05, 4.69) is 4.74 Å². The topological polar surface area (TPSA) is 117 Å². The number of piperidine rings is 1. The molecule has 0 aromatic heterocycles. The van der Waals surface area contributed by atoms with Gasteiger partial charge in [0.1, 0.15) is 0 Å². The van der Waals surface area contributed by atoms with Crippen molar-refractivity contribution < 1.29 is 19.4 Å². The summed E-state index contributed by atoms with van der Waals surface area (Å²) in [5.41, 5.74) is 5.38. The first-order chi connectivity index (χ1) is 7.88. The Hall–Kier alpha value is -1.79. The first-order valence-electron chi connectivity index (χ1n) is 5.24. The van der Waals surface area contributed by atoms with Crippen molar-refractivity contribution >= 4 is 17.9 Å². The molecule has 1 saturated heterocycles. The lowest BCUT2D eigenvalue weighted by atomic mass is 9.97. The number of ether oxygens (including phenoxy) is 1. The van der Waals surface area contributed by atoms with Crippen molar-refractivity contribution in [1.29, 1.82) is 5.41 Å². The van der Waals surface area contributed by atoms with E-state index in [0.717, 1.165) is 19.8 Å². The van der Waals surface area contributed by atoms with Crippen LogP contribution in [0.5, 0.6) is 0 Å². The number of nitrogens with zero attached hydrogens (tertiary/aromatic N) is 1. The summed E-state index contributed by atoms with van der Waals surface area (Å²) in [6.45, 7) is 2.30. The van der Waals surface area contributed by atoms with E-state index in [1.165, 1.54) is 7.11 Å². The fourth-order valence-electron chi connectivity index (χ4n) is 1.53. The van der Waals surface area contributed by atoms with Gasteiger partial charge in [0.2, 0.25) is 0 Å². The number of hydrogen-bond donors (Lipinski definition) is 3. The molecule has 7 heteroatoms. The van der Waals surface area contributed by atoms with Gasteiger partial charge in [-0.1, -0.05) is 0 Å². The Labute approximate surface area is 100 Å². The van der Waals surface area contributed by atoms with Gasteiger partial charge in [0.25, 0.3) is 5.97 Å². The zero-order valence-electron chi connectivity index (χ0n) is 10.1. The van der Waals surface area contributed by atoms with Crippen LogP contribution in [0.4, 0.5) is 4.79 Å². The Morgan fingerprint density at radius 2 is 2.06 bits per heavy atom. The summed E-state index contributed by atoms with van der Waals surface area (Å²) in [4.78, 5) is 21.7. The number of aliphatic carboxylic acids is 1. The molecule has 1 fully saturated rings. The van der Waals surface area contributed by atoms with Gasteiger partial charge in [-0.15, -0.1) is 0 Å². The highest BCUT2D eigenvalue weighted by molar-refractivity contribution is 5.80. The Balaban J connectivity index is 0.000000557. The highest BCUT2D eigenvalue weighted by atomic mass is 16.5. The van der Waals surface area contributed by atoms with E-state index in [4.69, 9.17) is 21.0 Å². The summed E-state index contributed by atoms with van der Waals surface area (Å²) < 4.78 is 4.59. The summed E-state index contributed by atoms with van der Waals surface area (Å²) in [6, 6.07) is 0. The maximum absolute atomic E-state index is 11.1. The van der Waals surface area contributed by atoms with E-state index in [0.29, 0.717) is 13.1 Å². The summed E-state index contributed by atoms with van der Waals surface area (Å²) >= 11 is 0. The van der Waals surface area contributed by atoms with Crippen LogP contribution < -0.4 is 5.73 Å². The van der Waals surface area contributed by atoms with Gasteiger partial charge < -0.3 is 20.5 Å². The number of carboxylic acids is 1. The quantitative estimate of drug-likeness (QED) is 0.459. The number of rotatable bonds is 1. The molecule has 1 aliphatic rings. The number of likely N-dealkylation sites (tertiary alicyclic amines) is 1. The average molecular weight is 245 g/mol. The van der Waals surface area contributed by atoms with Crippen molar-refractivity contribution in [2.45, 2.75) is 19.8 Å². The van der Waals surface area contributed by atoms with Gasteiger partial charge in [-0.2, -0.15) is 0 Å². The molecule has 0 aromatic rings. The van der Waals surface area contributed by atoms with E-state index in [9.17, 15) is 4.79 Å². The number of nitrogens with two attached hydrogens (primary N) is 1. The van der Waals surface area contributed by atoms with E-state index in [1.54, 1.807) is 4.90 Å². The molecule has 0 aromatic carbocycles. The number of carbonyl (C=O) groups is 2. The van der Waals surface area contributed by atoms with Crippen molar-refractivity contribution in [3.63, 3.8) is 0 Å². The van der Waals surface area contributed by atoms with Gasteiger partial charge in [-0.05, 0) is 12.8 Å². The van der Waals surface area contributed by atoms with Crippen LogP contribution in [-0.2, 0) is 9.53 Å². The molecule has 0 saturated carbocycles. The van der Waals surface area contributed by atoms with Crippen molar-refractivity contribution in [3.8, 4) is 0 Å². The largest absolute Gasteiger partial charge is 0.481 e. The monoisotopic (exact) mass is 245 g/mol. The molecule has 1 heterocycles. The SMILES string of the molecule is CC(=O)O.COC(=O)N1CCCC(C(=N)N)C1. The van der Waals surface area contributed by atoms with Crippen LogP contribution >= 0.6 is 0 Å². The summed E-state index contributed by atoms with van der Waals surface area (Å²) in [6.07, 6.45) is 1.45. The minimum atomic E-state index is -0.833. The van der Waals surface area contributed by atoms with Crippen LogP contribution in [0, 0.1) is 11.3 Å². The second-order valence-electron chi connectivity index (χ2n) is 3.73. The molecule has 1 amide bonds. The predicted molar refractivity (Wildman–Crippen MR) is 61.9 cm³/mol. The minimum Gasteiger partial charge on any atom is -0.481 e. The summed E-state index contributed by atoms with van der Waals surface area (Å²) in [7, 11) is 1.36. The molecule has 4 N–H and O–H groups in total. The first-order valence-corrected chi connectivity index (χ1v) is 5.24. The third-order valence-electron chi connectivity index (χ3n) is 2.29. The molecule has 1 aliphatic heterocycles. The molecular weight excluding hydrogens is 226 g/mol. The molecular formula is C10H19N3O4. The van der Waals surface area contributed by atoms with E-state index in [-0.39, 0.29) is 17.8 Å². The van der Waals surface area contributed by atoms with Crippen LogP contribution in [0.25, 0.3) is 0 Å². The van der Waals surface area contributed by atoms with Crippen molar-refractivity contribution in [2.75, 3.05) is 20.2 Å². The fourth-order valence-corrected chi connectivity index (χ4v) is 1.53. The number of carboxylic acid groups (broad SMARTS) is 1. The number of methoxy groups -OCH3 is 1. The lowest BCUT2D eigenvalue weighted by Gasteiger charge is -2.30. The normalized spacial score (nSPS) is 18.7. The van der Waals surface area contributed by atoms with Crippen LogP contribution in [-0.4, -0.2) is 48.1 Å². The maximum Gasteiger partial charge on any atom is 0.409 e. The number of carbonyl (C=O) groups excluding carboxylic acids is 1. The molecule has 1 atom stereocenters. The summed E-state index contributed by atoms with van der Waals surface area (Å²) in [5.74, 6) is -0.665. The molecule has 98 valence electrons. The lowest BCUT2D eigenvalue weighted by molar-refractivity contribution is -0.134. The maximum atomic E-state index is 11.1. The fraction of sp³-hybridized carbons (Fsp3) is 0.700. The van der Waals surface area contributed by atoms with E-state index >= 15 is 0 Å². The van der Waals surface area contributed by atoms with Crippen LogP contribution in [0.3, 0.4) is 0 Å². The van der Waals surface area contributed by atoms with Crippen LogP contribution in [0.1, 0.15) is 19.8 Å². The molecule has 17 heavy (non-hydrogen) atoms. The van der Waals surface area contributed by atoms with Gasteiger partial charge >= 0.3 is 6.09 Å². The number of hydrogen-bond acceptors (Lipinski definition) is 4. The second kappa shape index (κ2) is 7.48. The van der Waals surface area contributed by atoms with Gasteiger partial charge in [0.15, 0.2) is 0 Å². The molecule has 1 rings (SSSR count). The number of nitrogens with one attached hydrogen (secondary N) is 1. The molecule has 7 nitrogen and oxygen atoms in total. The van der Waals surface area contributed by atoms with Gasteiger partial charge in [0.05, 0.1) is 12.9 Å². The highest BCUT2D eigenvalue weighted by Gasteiger charge is 2.25. The van der Waals surface area contributed by atoms with Gasteiger partial charge in [0, 0.05) is 25.9 Å². The molecule has 0 aliphatic carbocycles. The third-order valence-corrected chi connectivity index (χ3v) is 2.29. The zero-order chi connectivity index (χ0) is 13.4. The van der Waals surface area contributed by atoms with Crippen molar-refractivity contribution in [2.24, 2.45) is 11.7 Å². The van der Waals surface area contributed by atoms with Crippen LogP contribution in [0.15, 0.2) is 0 Å². The smallest absolute Gasteiger partial charge is 0.409 e. The molecule has 1 unspecified atom stereocenters. The average Bonchev–Trinajstić information content (AvgIpc) is 2.27. The summed E-state index contributed by atoms with van der Waals surface area (Å²) in [5, 5.41) is 14.7. The van der Waals surface area contributed by atoms with Crippen LogP contribution in [0.2, 0.25) is 0 Å². The zero-order valence-corrected chi connectivity index (χ0v) is 10.1. The third kappa shape index (κ3) is 6.39. The number of amides is 1. The van der Waals surface area contributed by atoms with Gasteiger partial charge in [-0.3, -0.25) is 10.2 Å². The Morgan fingerprint density at radius 1 is 1.53 bits per heavy atom. The first kappa shape index (κ1) is 15.2. The molecule has 0 radical (unpaired) electrons. The Bertz CT molecular complexity index is 289. The Morgan fingerprint density at radius 3 is 2.47 bits per heavy atom. The predicted octanol–water partition coefficient (Wildman–Crippen LogP) is 0.492. The molecule has 0 bridgehead atoms.